The third kappa shape index (κ3) is 2.62. The van der Waals surface area contributed by atoms with Crippen LogP contribution >= 0.6 is 22.9 Å². The van der Waals surface area contributed by atoms with E-state index >= 15 is 0 Å². The van der Waals surface area contributed by atoms with Crippen molar-refractivity contribution in [1.82, 2.24) is 14.2 Å². The lowest BCUT2D eigenvalue weighted by atomic mass is 9.99. The van der Waals surface area contributed by atoms with E-state index in [1.165, 1.54) is 19.0 Å². The molecule has 1 aromatic heterocycles. The van der Waals surface area contributed by atoms with E-state index in [-0.39, 0.29) is 14.7 Å². The minimum absolute atomic E-state index is 0.00442. The number of nitrogens with zero attached hydrogens (tertiary/aromatic N) is 3. The maximum atomic E-state index is 12.7. The van der Waals surface area contributed by atoms with Crippen molar-refractivity contribution in [2.45, 2.75) is 42.5 Å². The van der Waals surface area contributed by atoms with Crippen LogP contribution in [0.25, 0.3) is 0 Å². The van der Waals surface area contributed by atoms with Gasteiger partial charge in [0.2, 0.25) is 0 Å². The third-order valence-electron chi connectivity index (χ3n) is 4.15. The number of fused-ring (bicyclic) bond motifs is 1. The molecule has 3 heterocycles. The Kier molecular flexibility index (Phi) is 4.07. The number of thiazole rings is 1. The van der Waals surface area contributed by atoms with E-state index in [0.29, 0.717) is 12.6 Å². The molecular weight excluding hydrogens is 318 g/mol. The Bertz CT molecular complexity index is 589. The summed E-state index contributed by atoms with van der Waals surface area (Å²) in [5, 5.41) is 0. The van der Waals surface area contributed by atoms with Gasteiger partial charge in [0.15, 0.2) is 8.68 Å². The second-order valence-electron chi connectivity index (χ2n) is 5.50. The molecule has 2 aliphatic heterocycles. The van der Waals surface area contributed by atoms with Gasteiger partial charge in [-0.05, 0) is 26.3 Å². The fourth-order valence-electron chi connectivity index (χ4n) is 3.13. The molecule has 5 nitrogen and oxygen atoms in total. The molecule has 0 N–H and O–H groups in total. The van der Waals surface area contributed by atoms with Crippen LogP contribution in [0.3, 0.4) is 0 Å². The van der Waals surface area contributed by atoms with E-state index < -0.39 is 10.0 Å². The average Bonchev–Trinajstić information content (AvgIpc) is 2.85. The summed E-state index contributed by atoms with van der Waals surface area (Å²) in [7, 11) is -3.46. The molecule has 112 valence electrons. The Morgan fingerprint density at radius 1 is 1.40 bits per heavy atom. The fraction of sp³-hybridized carbons (Fsp3) is 0.750. The summed E-state index contributed by atoms with van der Waals surface area (Å²) < 4.78 is 27.6. The first kappa shape index (κ1) is 14.7. The van der Waals surface area contributed by atoms with E-state index in [4.69, 9.17) is 11.6 Å². The number of aromatic nitrogens is 1. The van der Waals surface area contributed by atoms with E-state index in [0.717, 1.165) is 30.8 Å². The van der Waals surface area contributed by atoms with Gasteiger partial charge in [-0.25, -0.2) is 13.4 Å². The van der Waals surface area contributed by atoms with Crippen molar-refractivity contribution in [3.8, 4) is 0 Å². The molecule has 2 atom stereocenters. The monoisotopic (exact) mass is 335 g/mol. The number of halogens is 1. The minimum atomic E-state index is -3.46. The zero-order valence-electron chi connectivity index (χ0n) is 11.3. The summed E-state index contributed by atoms with van der Waals surface area (Å²) in [6.45, 7) is 4.47. The number of rotatable bonds is 2. The van der Waals surface area contributed by atoms with Gasteiger partial charge in [0, 0.05) is 25.2 Å². The molecule has 0 spiro atoms. The quantitative estimate of drug-likeness (QED) is 0.830. The van der Waals surface area contributed by atoms with Gasteiger partial charge in [0.05, 0.1) is 6.20 Å². The molecule has 1 aromatic rings. The summed E-state index contributed by atoms with van der Waals surface area (Å²) >= 11 is 6.80. The Morgan fingerprint density at radius 3 is 2.90 bits per heavy atom. The molecule has 2 fully saturated rings. The van der Waals surface area contributed by atoms with Crippen LogP contribution in [0.15, 0.2) is 10.4 Å². The highest BCUT2D eigenvalue weighted by Gasteiger charge is 2.39. The molecule has 0 radical (unpaired) electrons. The van der Waals surface area contributed by atoms with Gasteiger partial charge in [-0.15, -0.1) is 0 Å². The van der Waals surface area contributed by atoms with Crippen LogP contribution in [0.1, 0.15) is 26.2 Å². The molecule has 0 amide bonds. The molecule has 2 saturated heterocycles. The summed E-state index contributed by atoms with van der Waals surface area (Å²) in [5.41, 5.74) is 0. The topological polar surface area (TPSA) is 53.5 Å². The van der Waals surface area contributed by atoms with E-state index in [9.17, 15) is 8.42 Å². The van der Waals surface area contributed by atoms with Crippen molar-refractivity contribution >= 4 is 33.0 Å². The van der Waals surface area contributed by atoms with Crippen molar-refractivity contribution in [1.29, 1.82) is 0 Å². The molecule has 8 heteroatoms. The largest absolute Gasteiger partial charge is 0.297 e. The van der Waals surface area contributed by atoms with Gasteiger partial charge in [-0.1, -0.05) is 29.4 Å². The second-order valence-corrected chi connectivity index (χ2v) is 9.23. The minimum Gasteiger partial charge on any atom is -0.297 e. The highest BCUT2D eigenvalue weighted by Crippen LogP contribution is 2.31. The number of hydrogen-bond donors (Lipinski definition) is 0. The predicted octanol–water partition coefficient (Wildman–Crippen LogP) is 2.04. The Morgan fingerprint density at radius 2 is 2.20 bits per heavy atom. The highest BCUT2D eigenvalue weighted by atomic mass is 35.5. The Balaban J connectivity index is 1.85. The van der Waals surface area contributed by atoms with Gasteiger partial charge in [-0.2, -0.15) is 4.31 Å². The van der Waals surface area contributed by atoms with Gasteiger partial charge < -0.3 is 0 Å². The number of piperazine rings is 1. The first-order valence-electron chi connectivity index (χ1n) is 6.85. The van der Waals surface area contributed by atoms with Crippen molar-refractivity contribution in [2.75, 3.05) is 19.6 Å². The normalized spacial score (nSPS) is 29.3. The van der Waals surface area contributed by atoms with Crippen LogP contribution in [0.2, 0.25) is 4.47 Å². The van der Waals surface area contributed by atoms with Gasteiger partial charge >= 0.3 is 0 Å². The van der Waals surface area contributed by atoms with Crippen LogP contribution in [0.5, 0.6) is 0 Å². The Labute approximate surface area is 128 Å². The zero-order valence-corrected chi connectivity index (χ0v) is 13.7. The van der Waals surface area contributed by atoms with Crippen molar-refractivity contribution in [3.63, 3.8) is 0 Å². The molecule has 0 aromatic carbocycles. The number of piperidine rings is 1. The summed E-state index contributed by atoms with van der Waals surface area (Å²) in [5.74, 6) is 0. The zero-order chi connectivity index (χ0) is 14.3. The molecule has 0 aliphatic carbocycles. The van der Waals surface area contributed by atoms with Crippen molar-refractivity contribution in [2.24, 2.45) is 0 Å². The van der Waals surface area contributed by atoms with Crippen molar-refractivity contribution in [3.05, 3.63) is 10.7 Å². The van der Waals surface area contributed by atoms with E-state index in [1.807, 2.05) is 6.92 Å². The first-order chi connectivity index (χ1) is 9.48. The predicted molar refractivity (Wildman–Crippen MR) is 79.7 cm³/mol. The summed E-state index contributed by atoms with van der Waals surface area (Å²) in [6, 6.07) is 0.355. The fourth-order valence-corrected chi connectivity index (χ4v) is 6.22. The van der Waals surface area contributed by atoms with Crippen LogP contribution in [0, 0.1) is 0 Å². The summed E-state index contributed by atoms with van der Waals surface area (Å²) in [4.78, 5) is 6.28. The van der Waals surface area contributed by atoms with Crippen LogP contribution < -0.4 is 0 Å². The maximum Gasteiger partial charge on any atom is 0.254 e. The standard InChI is InChI=1S/C12H18ClN3O2S2/c1-9-7-15-5-3-2-4-10(15)8-16(9)20(17,18)11-6-14-12(13)19-11/h6,9-10H,2-5,7-8H2,1H3. The van der Waals surface area contributed by atoms with Crippen LogP contribution in [-0.4, -0.2) is 54.3 Å². The van der Waals surface area contributed by atoms with Gasteiger partial charge in [0.25, 0.3) is 10.0 Å². The first-order valence-corrected chi connectivity index (χ1v) is 9.49. The smallest absolute Gasteiger partial charge is 0.254 e. The van der Waals surface area contributed by atoms with Gasteiger partial charge in [-0.3, -0.25) is 4.90 Å². The number of sulfonamides is 1. The Hall–Kier alpha value is -0.210. The average molecular weight is 336 g/mol. The molecule has 0 bridgehead atoms. The van der Waals surface area contributed by atoms with Crippen LogP contribution in [0.4, 0.5) is 0 Å². The SMILES string of the molecule is CC1CN2CCCCC2CN1S(=O)(=O)c1cnc(Cl)s1. The van der Waals surface area contributed by atoms with Crippen molar-refractivity contribution < 1.29 is 8.42 Å². The summed E-state index contributed by atoms with van der Waals surface area (Å²) in [6.07, 6.45) is 4.86. The lowest BCUT2D eigenvalue weighted by Gasteiger charge is -2.46. The number of hydrogen-bond acceptors (Lipinski definition) is 5. The molecule has 0 saturated carbocycles. The lowest BCUT2D eigenvalue weighted by molar-refractivity contribution is 0.0565. The van der Waals surface area contributed by atoms with Crippen LogP contribution in [-0.2, 0) is 10.0 Å². The lowest BCUT2D eigenvalue weighted by Crippen LogP contribution is -2.59. The van der Waals surface area contributed by atoms with E-state index in [1.54, 1.807) is 4.31 Å². The molecule has 2 aliphatic rings. The molecule has 2 unspecified atom stereocenters. The van der Waals surface area contributed by atoms with Gasteiger partial charge in [0.1, 0.15) is 0 Å². The highest BCUT2D eigenvalue weighted by molar-refractivity contribution is 7.91. The van der Waals surface area contributed by atoms with E-state index in [2.05, 4.69) is 9.88 Å². The third-order valence-corrected chi connectivity index (χ3v) is 7.68. The second kappa shape index (κ2) is 5.53. The molecule has 3 rings (SSSR count). The molecule has 20 heavy (non-hydrogen) atoms. The maximum absolute atomic E-state index is 12.7. The molecular formula is C12H18ClN3O2S2.